The molecule has 0 atom stereocenters. The zero-order valence-electron chi connectivity index (χ0n) is 10.7. The van der Waals surface area contributed by atoms with Gasteiger partial charge in [-0.05, 0) is 36.4 Å². The van der Waals surface area contributed by atoms with Gasteiger partial charge >= 0.3 is 0 Å². The fraction of sp³-hybridized carbons (Fsp3) is 0.308. The molecular formula is C13H15NO5S. The molecule has 1 N–H and O–H groups in total. The lowest BCUT2D eigenvalue weighted by Crippen LogP contribution is -2.03. The van der Waals surface area contributed by atoms with E-state index in [0.29, 0.717) is 25.2 Å². The molecule has 0 aliphatic rings. The smallest absolute Gasteiger partial charge is 0.257 e. The van der Waals surface area contributed by atoms with E-state index < -0.39 is 11.0 Å². The van der Waals surface area contributed by atoms with Gasteiger partial charge in [0.1, 0.15) is 5.75 Å². The number of fused-ring (bicyclic) bond motifs is 1. The van der Waals surface area contributed by atoms with Gasteiger partial charge in [-0.1, -0.05) is 0 Å². The summed E-state index contributed by atoms with van der Waals surface area (Å²) in [5, 5.41) is 0.935. The van der Waals surface area contributed by atoms with E-state index in [1.54, 1.807) is 12.1 Å². The third-order valence-corrected chi connectivity index (χ3v) is 3.09. The Morgan fingerprint density at radius 2 is 1.80 bits per heavy atom. The first kappa shape index (κ1) is 14.5. The van der Waals surface area contributed by atoms with E-state index in [-0.39, 0.29) is 12.2 Å². The molecule has 1 aromatic carbocycles. The van der Waals surface area contributed by atoms with Gasteiger partial charge in [0.05, 0.1) is 18.7 Å². The van der Waals surface area contributed by atoms with Crippen molar-refractivity contribution < 1.29 is 17.3 Å². The number of benzene rings is 1. The van der Waals surface area contributed by atoms with Crippen molar-refractivity contribution in [3.05, 3.63) is 40.7 Å². The number of H-pyrrole nitrogens is 1. The van der Waals surface area contributed by atoms with Crippen LogP contribution < -0.4 is 10.3 Å². The molecule has 7 heteroatoms. The molecule has 0 fully saturated rings. The maximum absolute atomic E-state index is 11.2. The predicted molar refractivity (Wildman–Crippen MR) is 75.6 cm³/mol. The van der Waals surface area contributed by atoms with Crippen molar-refractivity contribution in [1.82, 2.24) is 4.98 Å². The number of aromatic nitrogens is 1. The van der Waals surface area contributed by atoms with E-state index in [9.17, 15) is 13.2 Å². The molecule has 6 nitrogen and oxygen atoms in total. The van der Waals surface area contributed by atoms with Crippen LogP contribution in [-0.4, -0.2) is 26.6 Å². The SMILES string of the molecule is O=c1ccc2ccc(OCCCCO[SH](=O)=O)cc2[nH]1. The van der Waals surface area contributed by atoms with Crippen LogP contribution >= 0.6 is 0 Å². The number of nitrogens with one attached hydrogen (secondary N) is 1. The molecule has 0 saturated carbocycles. The van der Waals surface area contributed by atoms with Crippen LogP contribution in [0.15, 0.2) is 35.1 Å². The van der Waals surface area contributed by atoms with Crippen molar-refractivity contribution in [2.24, 2.45) is 0 Å². The van der Waals surface area contributed by atoms with E-state index in [4.69, 9.17) is 4.74 Å². The molecule has 1 aromatic heterocycles. The minimum Gasteiger partial charge on any atom is -0.494 e. The van der Waals surface area contributed by atoms with E-state index in [0.717, 1.165) is 10.9 Å². The monoisotopic (exact) mass is 297 g/mol. The van der Waals surface area contributed by atoms with Gasteiger partial charge in [-0.3, -0.25) is 8.98 Å². The number of ether oxygens (including phenoxy) is 1. The molecule has 0 radical (unpaired) electrons. The highest BCUT2D eigenvalue weighted by atomic mass is 32.2. The fourth-order valence-corrected chi connectivity index (χ4v) is 2.03. The summed E-state index contributed by atoms with van der Waals surface area (Å²) in [6, 6.07) is 8.68. The number of hydrogen-bond acceptors (Lipinski definition) is 5. The van der Waals surface area contributed by atoms with Crippen LogP contribution in [0.5, 0.6) is 5.75 Å². The summed E-state index contributed by atoms with van der Waals surface area (Å²) in [6.45, 7) is 0.634. The lowest BCUT2D eigenvalue weighted by molar-refractivity contribution is 0.274. The van der Waals surface area contributed by atoms with Crippen LogP contribution in [0.25, 0.3) is 10.9 Å². The summed E-state index contributed by atoms with van der Waals surface area (Å²) >= 11 is 0. The average Bonchev–Trinajstić information content (AvgIpc) is 2.42. The van der Waals surface area contributed by atoms with Crippen LogP contribution in [0.4, 0.5) is 0 Å². The van der Waals surface area contributed by atoms with Gasteiger partial charge < -0.3 is 9.72 Å². The molecule has 0 aliphatic heterocycles. The number of unbranched alkanes of at least 4 members (excludes halogenated alkanes) is 1. The van der Waals surface area contributed by atoms with Crippen molar-refractivity contribution in [1.29, 1.82) is 0 Å². The maximum atomic E-state index is 11.2. The lowest BCUT2D eigenvalue weighted by Gasteiger charge is -2.06. The molecule has 0 unspecified atom stereocenters. The summed E-state index contributed by atoms with van der Waals surface area (Å²) in [6.07, 6.45) is 1.29. The van der Waals surface area contributed by atoms with Gasteiger partial charge in [-0.2, -0.15) is 0 Å². The molecule has 0 amide bonds. The molecule has 2 rings (SSSR count). The first-order valence-electron chi connectivity index (χ1n) is 6.18. The Morgan fingerprint density at radius 3 is 2.60 bits per heavy atom. The molecule has 0 spiro atoms. The van der Waals surface area contributed by atoms with Crippen molar-refractivity contribution in [3.8, 4) is 5.75 Å². The molecule has 1 heterocycles. The third-order valence-electron chi connectivity index (χ3n) is 2.70. The van der Waals surface area contributed by atoms with E-state index >= 15 is 0 Å². The Balaban J connectivity index is 1.85. The van der Waals surface area contributed by atoms with Crippen molar-refractivity contribution in [3.63, 3.8) is 0 Å². The Morgan fingerprint density at radius 1 is 1.05 bits per heavy atom. The first-order chi connectivity index (χ1) is 9.65. The van der Waals surface area contributed by atoms with Gasteiger partial charge in [-0.15, -0.1) is 0 Å². The Bertz CT molecular complexity index is 699. The quantitative estimate of drug-likeness (QED) is 0.593. The normalized spacial score (nSPS) is 11.1. The molecule has 0 saturated heterocycles. The largest absolute Gasteiger partial charge is 0.494 e. The second kappa shape index (κ2) is 7.06. The third kappa shape index (κ3) is 4.36. The highest BCUT2D eigenvalue weighted by Crippen LogP contribution is 2.18. The molecule has 20 heavy (non-hydrogen) atoms. The molecule has 0 aliphatic carbocycles. The zero-order valence-corrected chi connectivity index (χ0v) is 11.6. The van der Waals surface area contributed by atoms with E-state index in [1.165, 1.54) is 6.07 Å². The van der Waals surface area contributed by atoms with Gasteiger partial charge in [0.15, 0.2) is 0 Å². The fourth-order valence-electron chi connectivity index (χ4n) is 1.75. The van der Waals surface area contributed by atoms with Gasteiger partial charge in [0.2, 0.25) is 5.56 Å². The molecule has 0 bridgehead atoms. The predicted octanol–water partition coefficient (Wildman–Crippen LogP) is 1.23. The summed E-state index contributed by atoms with van der Waals surface area (Å²) in [5.74, 6) is 0.662. The summed E-state index contributed by atoms with van der Waals surface area (Å²) < 4.78 is 30.3. The average molecular weight is 297 g/mol. The molecule has 2 aromatic rings. The van der Waals surface area contributed by atoms with Crippen LogP contribution in [0.2, 0.25) is 0 Å². The van der Waals surface area contributed by atoms with Crippen LogP contribution in [-0.2, 0) is 15.2 Å². The number of rotatable bonds is 7. The van der Waals surface area contributed by atoms with Crippen molar-refractivity contribution in [2.75, 3.05) is 13.2 Å². The van der Waals surface area contributed by atoms with E-state index in [1.807, 2.05) is 12.1 Å². The summed E-state index contributed by atoms with van der Waals surface area (Å²) in [5.41, 5.74) is 0.570. The van der Waals surface area contributed by atoms with Crippen molar-refractivity contribution in [2.45, 2.75) is 12.8 Å². The van der Waals surface area contributed by atoms with Crippen LogP contribution in [0, 0.1) is 0 Å². The van der Waals surface area contributed by atoms with E-state index in [2.05, 4.69) is 9.17 Å². The molecular weight excluding hydrogens is 282 g/mol. The zero-order chi connectivity index (χ0) is 14.4. The second-order valence-corrected chi connectivity index (χ2v) is 4.89. The topological polar surface area (TPSA) is 85.5 Å². The van der Waals surface area contributed by atoms with Crippen LogP contribution in [0.3, 0.4) is 0 Å². The number of aromatic amines is 1. The Hall–Kier alpha value is -1.86. The Kier molecular flexibility index (Phi) is 5.14. The molecule has 108 valence electrons. The van der Waals surface area contributed by atoms with Crippen molar-refractivity contribution >= 4 is 21.9 Å². The first-order valence-corrected chi connectivity index (χ1v) is 7.28. The van der Waals surface area contributed by atoms with Gasteiger partial charge in [0.25, 0.3) is 11.0 Å². The maximum Gasteiger partial charge on any atom is 0.257 e. The lowest BCUT2D eigenvalue weighted by atomic mass is 10.2. The van der Waals surface area contributed by atoms with Crippen LogP contribution in [0.1, 0.15) is 12.8 Å². The summed E-state index contributed by atoms with van der Waals surface area (Å²) in [7, 11) is -2.76. The Labute approximate surface area is 117 Å². The van der Waals surface area contributed by atoms with Gasteiger partial charge in [-0.25, -0.2) is 8.42 Å². The standard InChI is InChI=1S/C13H15NO5S/c15-13-6-4-10-3-5-11(9-12(10)14-13)18-7-1-2-8-19-20(16)17/h3-6,9,20H,1-2,7-8H2,(H,14,15). The minimum atomic E-state index is -2.76. The van der Waals surface area contributed by atoms with Gasteiger partial charge in [0, 0.05) is 12.1 Å². The number of hydrogen-bond donors (Lipinski definition) is 2. The highest BCUT2D eigenvalue weighted by Gasteiger charge is 1.99. The summed E-state index contributed by atoms with van der Waals surface area (Å²) in [4.78, 5) is 14.0. The highest BCUT2D eigenvalue weighted by molar-refractivity contribution is 7.67. The number of thiol groups is 1. The number of pyridine rings is 1. The second-order valence-electron chi connectivity index (χ2n) is 4.18. The minimum absolute atomic E-state index is 0.154.